The van der Waals surface area contributed by atoms with E-state index in [1.165, 1.54) is 0 Å². The molecule has 6 heteroatoms. The van der Waals surface area contributed by atoms with Crippen LogP contribution in [0.5, 0.6) is 0 Å². The molecule has 1 rings (SSSR count). The highest BCUT2D eigenvalue weighted by molar-refractivity contribution is 9.10. The molecule has 100 valence electrons. The predicted molar refractivity (Wildman–Crippen MR) is 67.5 cm³/mol. The predicted octanol–water partition coefficient (Wildman–Crippen LogP) is 4.35. The molecule has 1 amide bonds. The lowest BCUT2D eigenvalue weighted by atomic mass is 10.1. The topological polar surface area (TPSA) is 29.1 Å². The Labute approximate surface area is 112 Å². The number of hydrogen-bond donors (Lipinski definition) is 1. The van der Waals surface area contributed by atoms with Gasteiger partial charge >= 0.3 is 6.18 Å². The maximum Gasteiger partial charge on any atom is 0.389 e. The van der Waals surface area contributed by atoms with Crippen molar-refractivity contribution in [1.82, 2.24) is 0 Å². The van der Waals surface area contributed by atoms with Gasteiger partial charge in [0.15, 0.2) is 0 Å². The number of carbonyl (C=O) groups is 1. The van der Waals surface area contributed by atoms with Crippen LogP contribution in [-0.2, 0) is 4.79 Å². The van der Waals surface area contributed by atoms with Crippen molar-refractivity contribution in [2.24, 2.45) is 0 Å². The Morgan fingerprint density at radius 2 is 1.94 bits per heavy atom. The SMILES string of the molecule is Cc1cc(C)c(NC(=O)CCC(F)(F)F)c(Br)c1. The van der Waals surface area contributed by atoms with Gasteiger partial charge in [-0.25, -0.2) is 0 Å². The Hall–Kier alpha value is -1.04. The summed E-state index contributed by atoms with van der Waals surface area (Å²) < 4.78 is 36.6. The molecule has 0 unspecified atom stereocenters. The van der Waals surface area contributed by atoms with Gasteiger partial charge in [-0.05, 0) is 47.0 Å². The number of halogens is 4. The summed E-state index contributed by atoms with van der Waals surface area (Å²) in [4.78, 5) is 11.4. The maximum absolute atomic E-state index is 12.0. The van der Waals surface area contributed by atoms with E-state index in [1.807, 2.05) is 13.0 Å². The molecule has 1 aromatic rings. The first-order chi connectivity index (χ1) is 8.19. The number of amides is 1. The highest BCUT2D eigenvalue weighted by Gasteiger charge is 2.28. The average Bonchev–Trinajstić information content (AvgIpc) is 2.19. The number of anilines is 1. The van der Waals surface area contributed by atoms with Crippen molar-refractivity contribution in [1.29, 1.82) is 0 Å². The van der Waals surface area contributed by atoms with Gasteiger partial charge in [-0.2, -0.15) is 13.2 Å². The third-order valence-electron chi connectivity index (χ3n) is 2.33. The van der Waals surface area contributed by atoms with Crippen LogP contribution in [0.3, 0.4) is 0 Å². The molecule has 0 aliphatic heterocycles. The third kappa shape index (κ3) is 4.68. The van der Waals surface area contributed by atoms with Crippen LogP contribution in [0.1, 0.15) is 24.0 Å². The van der Waals surface area contributed by atoms with Crippen molar-refractivity contribution in [2.45, 2.75) is 32.9 Å². The molecule has 0 atom stereocenters. The number of rotatable bonds is 3. The summed E-state index contributed by atoms with van der Waals surface area (Å²) in [7, 11) is 0. The van der Waals surface area contributed by atoms with Gasteiger partial charge in [-0.1, -0.05) is 6.07 Å². The Morgan fingerprint density at radius 1 is 1.33 bits per heavy atom. The Bertz CT molecular complexity index is 434. The van der Waals surface area contributed by atoms with Crippen LogP contribution in [0.2, 0.25) is 0 Å². The van der Waals surface area contributed by atoms with Crippen molar-refractivity contribution in [3.63, 3.8) is 0 Å². The van der Waals surface area contributed by atoms with E-state index in [9.17, 15) is 18.0 Å². The number of carbonyl (C=O) groups excluding carboxylic acids is 1. The standard InChI is InChI=1S/C12H13BrF3NO/c1-7-5-8(2)11(9(13)6-7)17-10(18)3-4-12(14,15)16/h5-6H,3-4H2,1-2H3,(H,17,18). The summed E-state index contributed by atoms with van der Waals surface area (Å²) in [5, 5.41) is 2.49. The highest BCUT2D eigenvalue weighted by atomic mass is 79.9. The van der Waals surface area contributed by atoms with E-state index in [1.54, 1.807) is 13.0 Å². The lowest BCUT2D eigenvalue weighted by Gasteiger charge is -2.12. The third-order valence-corrected chi connectivity index (χ3v) is 2.96. The zero-order chi connectivity index (χ0) is 13.9. The molecule has 0 bridgehead atoms. The van der Waals surface area contributed by atoms with Crippen LogP contribution in [0.25, 0.3) is 0 Å². The van der Waals surface area contributed by atoms with Crippen molar-refractivity contribution in [2.75, 3.05) is 5.32 Å². The summed E-state index contributed by atoms with van der Waals surface area (Å²) in [5.41, 5.74) is 2.34. The zero-order valence-electron chi connectivity index (χ0n) is 9.99. The molecule has 2 nitrogen and oxygen atoms in total. The number of benzene rings is 1. The summed E-state index contributed by atoms with van der Waals surface area (Å²) >= 11 is 3.28. The second-order valence-electron chi connectivity index (χ2n) is 4.10. The van der Waals surface area contributed by atoms with Gasteiger partial charge in [-0.3, -0.25) is 4.79 Å². The van der Waals surface area contributed by atoms with Crippen LogP contribution in [-0.4, -0.2) is 12.1 Å². The van der Waals surface area contributed by atoms with Gasteiger partial charge < -0.3 is 5.32 Å². The molecule has 1 aromatic carbocycles. The molecule has 0 aromatic heterocycles. The molecule has 0 saturated heterocycles. The second-order valence-corrected chi connectivity index (χ2v) is 4.96. The molecule has 0 saturated carbocycles. The molecular formula is C12H13BrF3NO. The molecule has 0 aliphatic carbocycles. The fourth-order valence-corrected chi connectivity index (χ4v) is 2.30. The van der Waals surface area contributed by atoms with Gasteiger partial charge in [0.2, 0.25) is 5.91 Å². The number of nitrogens with one attached hydrogen (secondary N) is 1. The first-order valence-electron chi connectivity index (χ1n) is 5.32. The Balaban J connectivity index is 2.71. The number of aryl methyl sites for hydroxylation is 2. The quantitative estimate of drug-likeness (QED) is 0.880. The van der Waals surface area contributed by atoms with E-state index in [0.717, 1.165) is 11.1 Å². The summed E-state index contributed by atoms with van der Waals surface area (Å²) in [6.07, 6.45) is -5.98. The molecule has 0 spiro atoms. The molecule has 0 aliphatic rings. The second kappa shape index (κ2) is 5.73. The molecule has 18 heavy (non-hydrogen) atoms. The lowest BCUT2D eigenvalue weighted by Crippen LogP contribution is -2.17. The van der Waals surface area contributed by atoms with Gasteiger partial charge in [0, 0.05) is 10.9 Å². The first-order valence-corrected chi connectivity index (χ1v) is 6.11. The monoisotopic (exact) mass is 323 g/mol. The van der Waals surface area contributed by atoms with E-state index < -0.39 is 24.9 Å². The van der Waals surface area contributed by atoms with E-state index >= 15 is 0 Å². The average molecular weight is 324 g/mol. The number of hydrogen-bond acceptors (Lipinski definition) is 1. The molecule has 0 heterocycles. The van der Waals surface area contributed by atoms with Crippen molar-refractivity contribution in [3.8, 4) is 0 Å². The fourth-order valence-electron chi connectivity index (χ4n) is 1.53. The normalized spacial score (nSPS) is 11.4. The van der Waals surface area contributed by atoms with Gasteiger partial charge in [0.05, 0.1) is 12.1 Å². The van der Waals surface area contributed by atoms with Crippen LogP contribution in [0.15, 0.2) is 16.6 Å². The smallest absolute Gasteiger partial charge is 0.325 e. The maximum atomic E-state index is 12.0. The molecule has 1 N–H and O–H groups in total. The lowest BCUT2D eigenvalue weighted by molar-refractivity contribution is -0.142. The zero-order valence-corrected chi connectivity index (χ0v) is 11.6. The molecule has 0 radical (unpaired) electrons. The van der Waals surface area contributed by atoms with Crippen molar-refractivity contribution < 1.29 is 18.0 Å². The largest absolute Gasteiger partial charge is 0.389 e. The fraction of sp³-hybridized carbons (Fsp3) is 0.417. The van der Waals surface area contributed by atoms with E-state index in [0.29, 0.717) is 10.2 Å². The molecule has 0 fully saturated rings. The molecular weight excluding hydrogens is 311 g/mol. The van der Waals surface area contributed by atoms with Crippen LogP contribution in [0, 0.1) is 13.8 Å². The first kappa shape index (κ1) is 15.0. The van der Waals surface area contributed by atoms with Gasteiger partial charge in [0.25, 0.3) is 0 Å². The van der Waals surface area contributed by atoms with Gasteiger partial charge in [0.1, 0.15) is 0 Å². The van der Waals surface area contributed by atoms with E-state index in [2.05, 4.69) is 21.2 Å². The van der Waals surface area contributed by atoms with Crippen LogP contribution >= 0.6 is 15.9 Å². The minimum Gasteiger partial charge on any atom is -0.325 e. The van der Waals surface area contributed by atoms with E-state index in [-0.39, 0.29) is 0 Å². The summed E-state index contributed by atoms with van der Waals surface area (Å²) in [6, 6.07) is 3.65. The van der Waals surface area contributed by atoms with Crippen LogP contribution in [0.4, 0.5) is 18.9 Å². The Kier molecular flexibility index (Phi) is 4.78. The van der Waals surface area contributed by atoms with Gasteiger partial charge in [-0.15, -0.1) is 0 Å². The highest BCUT2D eigenvalue weighted by Crippen LogP contribution is 2.28. The summed E-state index contributed by atoms with van der Waals surface area (Å²) in [5.74, 6) is -0.639. The minimum atomic E-state index is -4.31. The summed E-state index contributed by atoms with van der Waals surface area (Å²) in [6.45, 7) is 3.68. The van der Waals surface area contributed by atoms with Crippen LogP contribution < -0.4 is 5.32 Å². The minimum absolute atomic E-state index is 0.521. The van der Waals surface area contributed by atoms with E-state index in [4.69, 9.17) is 0 Å². The van der Waals surface area contributed by atoms with Crippen molar-refractivity contribution in [3.05, 3.63) is 27.7 Å². The number of alkyl halides is 3. The van der Waals surface area contributed by atoms with Crippen molar-refractivity contribution >= 4 is 27.5 Å². The Morgan fingerprint density at radius 3 is 2.44 bits per heavy atom.